The number of nitrogens with zero attached hydrogens (tertiary/aromatic N) is 1. The molecule has 0 saturated carbocycles. The number of halogens is 2. The molecule has 0 radical (unpaired) electrons. The maximum Gasteiger partial charge on any atom is 0.117 e. The molecule has 2 aromatic carbocycles. The minimum Gasteiger partial charge on any atom is -0.508 e. The number of phenolic OH excluding ortho intramolecular Hbond substituents is 1. The topological polar surface area (TPSA) is 33.1 Å². The summed E-state index contributed by atoms with van der Waals surface area (Å²) in [5, 5.41) is 11.6. The van der Waals surface area contributed by atoms with Crippen LogP contribution in [0.15, 0.2) is 48.7 Å². The van der Waals surface area contributed by atoms with E-state index in [4.69, 9.17) is 23.2 Å². The zero-order valence-corrected chi connectivity index (χ0v) is 11.3. The number of hydrogen-bond donors (Lipinski definition) is 1. The first-order valence-corrected chi connectivity index (χ1v) is 6.43. The smallest absolute Gasteiger partial charge is 0.117 e. The van der Waals surface area contributed by atoms with Crippen molar-refractivity contribution >= 4 is 34.1 Å². The number of rotatable bonds is 1. The van der Waals surface area contributed by atoms with Crippen molar-refractivity contribution in [3.63, 3.8) is 0 Å². The lowest BCUT2D eigenvalue weighted by atomic mass is 10.1. The Morgan fingerprint density at radius 3 is 2.58 bits per heavy atom. The number of fused-ring (bicyclic) bond motifs is 1. The Morgan fingerprint density at radius 2 is 1.79 bits per heavy atom. The third kappa shape index (κ3) is 2.37. The van der Waals surface area contributed by atoms with E-state index in [9.17, 15) is 5.11 Å². The van der Waals surface area contributed by atoms with Crippen molar-refractivity contribution in [2.24, 2.45) is 0 Å². The Labute approximate surface area is 120 Å². The van der Waals surface area contributed by atoms with E-state index in [0.717, 1.165) is 22.0 Å². The Bertz CT molecular complexity index is 771. The second kappa shape index (κ2) is 4.72. The SMILES string of the molecule is Oc1ccc2cc(-c3ccc(Cl)cc3Cl)cnc2c1. The van der Waals surface area contributed by atoms with Crippen LogP contribution in [0.1, 0.15) is 0 Å². The Kier molecular flexibility index (Phi) is 3.05. The fraction of sp³-hybridized carbons (Fsp3) is 0. The molecule has 1 aromatic heterocycles. The van der Waals surface area contributed by atoms with Crippen molar-refractivity contribution in [2.45, 2.75) is 0 Å². The minimum absolute atomic E-state index is 0.206. The molecule has 4 heteroatoms. The van der Waals surface area contributed by atoms with Gasteiger partial charge in [-0.2, -0.15) is 0 Å². The predicted octanol–water partition coefficient (Wildman–Crippen LogP) is 4.91. The van der Waals surface area contributed by atoms with Gasteiger partial charge in [0, 0.05) is 38.8 Å². The predicted molar refractivity (Wildman–Crippen MR) is 78.9 cm³/mol. The van der Waals surface area contributed by atoms with E-state index in [-0.39, 0.29) is 5.75 Å². The van der Waals surface area contributed by atoms with Gasteiger partial charge in [-0.3, -0.25) is 4.98 Å². The van der Waals surface area contributed by atoms with Crippen LogP contribution in [0.3, 0.4) is 0 Å². The second-order valence-corrected chi connectivity index (χ2v) is 5.07. The summed E-state index contributed by atoms with van der Waals surface area (Å²) in [6, 6.07) is 12.4. The molecular weight excluding hydrogens is 281 g/mol. The number of aromatic hydroxyl groups is 1. The van der Waals surface area contributed by atoms with Crippen LogP contribution in [0.25, 0.3) is 22.0 Å². The third-order valence-corrected chi connectivity index (χ3v) is 3.46. The zero-order valence-electron chi connectivity index (χ0n) is 9.77. The van der Waals surface area contributed by atoms with Crippen LogP contribution in [0, 0.1) is 0 Å². The first-order valence-electron chi connectivity index (χ1n) is 5.68. The van der Waals surface area contributed by atoms with Crippen LogP contribution in [-0.4, -0.2) is 10.1 Å². The van der Waals surface area contributed by atoms with Gasteiger partial charge in [0.05, 0.1) is 5.52 Å². The van der Waals surface area contributed by atoms with E-state index in [2.05, 4.69) is 4.98 Å². The summed E-state index contributed by atoms with van der Waals surface area (Å²) in [6.07, 6.45) is 1.73. The maximum absolute atomic E-state index is 9.42. The standard InChI is InChI=1S/C15H9Cl2NO/c16-11-2-4-13(14(17)6-11)10-5-9-1-3-12(19)7-15(9)18-8-10/h1-8,19H. The van der Waals surface area contributed by atoms with E-state index >= 15 is 0 Å². The van der Waals surface area contributed by atoms with E-state index in [1.54, 1.807) is 30.5 Å². The molecule has 0 atom stereocenters. The lowest BCUT2D eigenvalue weighted by molar-refractivity contribution is 0.476. The van der Waals surface area contributed by atoms with E-state index < -0.39 is 0 Å². The quantitative estimate of drug-likeness (QED) is 0.690. The number of aromatic nitrogens is 1. The van der Waals surface area contributed by atoms with Crippen LogP contribution in [0.5, 0.6) is 5.75 Å². The first-order chi connectivity index (χ1) is 9.13. The third-order valence-electron chi connectivity index (χ3n) is 2.91. The lowest BCUT2D eigenvalue weighted by Crippen LogP contribution is -1.84. The molecule has 0 amide bonds. The molecule has 0 fully saturated rings. The van der Waals surface area contributed by atoms with Crippen LogP contribution in [0.2, 0.25) is 10.0 Å². The summed E-state index contributed by atoms with van der Waals surface area (Å²) >= 11 is 12.1. The fourth-order valence-corrected chi connectivity index (χ4v) is 2.50. The largest absolute Gasteiger partial charge is 0.508 e. The van der Waals surface area contributed by atoms with Crippen molar-refractivity contribution in [1.29, 1.82) is 0 Å². The molecular formula is C15H9Cl2NO. The number of phenols is 1. The average Bonchev–Trinajstić information content (AvgIpc) is 2.38. The summed E-state index contributed by atoms with van der Waals surface area (Å²) in [5.74, 6) is 0.206. The first kappa shape index (κ1) is 12.3. The summed E-state index contributed by atoms with van der Waals surface area (Å²) < 4.78 is 0. The van der Waals surface area contributed by atoms with Gasteiger partial charge >= 0.3 is 0 Å². The molecule has 0 aliphatic carbocycles. The molecule has 94 valence electrons. The van der Waals surface area contributed by atoms with Gasteiger partial charge in [-0.05, 0) is 30.3 Å². The Balaban J connectivity index is 2.17. The van der Waals surface area contributed by atoms with Crippen LogP contribution < -0.4 is 0 Å². The van der Waals surface area contributed by atoms with Gasteiger partial charge in [0.2, 0.25) is 0 Å². The molecule has 3 aromatic rings. The number of pyridine rings is 1. The molecule has 3 rings (SSSR count). The average molecular weight is 290 g/mol. The van der Waals surface area contributed by atoms with E-state index in [1.807, 2.05) is 18.2 Å². The molecule has 0 spiro atoms. The van der Waals surface area contributed by atoms with Crippen LogP contribution in [0.4, 0.5) is 0 Å². The van der Waals surface area contributed by atoms with Gasteiger partial charge in [-0.25, -0.2) is 0 Å². The van der Waals surface area contributed by atoms with Gasteiger partial charge in [0.25, 0.3) is 0 Å². The molecule has 0 unspecified atom stereocenters. The summed E-state index contributed by atoms with van der Waals surface area (Å²) in [6.45, 7) is 0. The van der Waals surface area contributed by atoms with Gasteiger partial charge in [-0.1, -0.05) is 29.3 Å². The van der Waals surface area contributed by atoms with Crippen molar-refractivity contribution < 1.29 is 5.11 Å². The fourth-order valence-electron chi connectivity index (χ4n) is 1.98. The highest BCUT2D eigenvalue weighted by molar-refractivity contribution is 6.36. The molecule has 0 aliphatic heterocycles. The van der Waals surface area contributed by atoms with Crippen LogP contribution in [-0.2, 0) is 0 Å². The highest BCUT2D eigenvalue weighted by atomic mass is 35.5. The Morgan fingerprint density at radius 1 is 0.947 bits per heavy atom. The molecule has 0 bridgehead atoms. The molecule has 2 nitrogen and oxygen atoms in total. The highest BCUT2D eigenvalue weighted by Gasteiger charge is 2.06. The summed E-state index contributed by atoms with van der Waals surface area (Å²) in [5.41, 5.74) is 2.54. The van der Waals surface area contributed by atoms with Gasteiger partial charge in [0.15, 0.2) is 0 Å². The van der Waals surface area contributed by atoms with Crippen molar-refractivity contribution in [3.8, 4) is 16.9 Å². The monoisotopic (exact) mass is 289 g/mol. The zero-order chi connectivity index (χ0) is 13.4. The van der Waals surface area contributed by atoms with Gasteiger partial charge < -0.3 is 5.11 Å². The summed E-state index contributed by atoms with van der Waals surface area (Å²) in [4.78, 5) is 4.33. The molecule has 0 saturated heterocycles. The number of benzene rings is 2. The minimum atomic E-state index is 0.206. The van der Waals surface area contributed by atoms with E-state index in [1.165, 1.54) is 0 Å². The van der Waals surface area contributed by atoms with Crippen molar-refractivity contribution in [1.82, 2.24) is 4.98 Å². The molecule has 19 heavy (non-hydrogen) atoms. The molecule has 1 heterocycles. The van der Waals surface area contributed by atoms with Gasteiger partial charge in [-0.15, -0.1) is 0 Å². The highest BCUT2D eigenvalue weighted by Crippen LogP contribution is 2.31. The Hall–Kier alpha value is -1.77. The van der Waals surface area contributed by atoms with Gasteiger partial charge in [0.1, 0.15) is 5.75 Å². The maximum atomic E-state index is 9.42. The second-order valence-electron chi connectivity index (χ2n) is 4.23. The summed E-state index contributed by atoms with van der Waals surface area (Å²) in [7, 11) is 0. The van der Waals surface area contributed by atoms with E-state index in [0.29, 0.717) is 10.0 Å². The molecule has 1 N–H and O–H groups in total. The lowest BCUT2D eigenvalue weighted by Gasteiger charge is -2.06. The van der Waals surface area contributed by atoms with Crippen molar-refractivity contribution in [2.75, 3.05) is 0 Å². The van der Waals surface area contributed by atoms with Crippen molar-refractivity contribution in [3.05, 3.63) is 58.7 Å². The molecule has 0 aliphatic rings. The van der Waals surface area contributed by atoms with Crippen LogP contribution >= 0.6 is 23.2 Å². The number of hydrogen-bond acceptors (Lipinski definition) is 2. The normalized spacial score (nSPS) is 10.8.